The van der Waals surface area contributed by atoms with E-state index in [1.807, 2.05) is 0 Å². The van der Waals surface area contributed by atoms with Crippen LogP contribution in [0.15, 0.2) is 23.8 Å². The smallest absolute Gasteiger partial charge is 0.194 e. The zero-order chi connectivity index (χ0) is 11.2. The van der Waals surface area contributed by atoms with Crippen LogP contribution < -0.4 is 0 Å². The fourth-order valence-corrected chi connectivity index (χ4v) is 1.42. The third-order valence-electron chi connectivity index (χ3n) is 2.28. The van der Waals surface area contributed by atoms with Crippen LogP contribution in [0.25, 0.3) is 0 Å². The zero-order valence-corrected chi connectivity index (χ0v) is 8.56. The maximum atomic E-state index is 11.6. The number of Topliss-reactive ketones (excluding diaryl/α,β-unsaturated/α-hetero) is 1. The Labute approximate surface area is 87.2 Å². The van der Waals surface area contributed by atoms with E-state index < -0.39 is 17.8 Å². The molecule has 0 aromatic rings. The lowest BCUT2D eigenvalue weighted by atomic mass is 9.95. The molecule has 0 unspecified atom stereocenters. The summed E-state index contributed by atoms with van der Waals surface area (Å²) in [6.07, 6.45) is 3.10. The van der Waals surface area contributed by atoms with Gasteiger partial charge in [0.1, 0.15) is 0 Å². The molecule has 4 heteroatoms. The molecule has 2 atom stereocenters. The van der Waals surface area contributed by atoms with Crippen LogP contribution in [0.2, 0.25) is 0 Å². The van der Waals surface area contributed by atoms with E-state index in [-0.39, 0.29) is 11.6 Å². The molecule has 1 N–H and O–H groups in total. The van der Waals surface area contributed by atoms with Crippen LogP contribution >= 0.6 is 0 Å². The van der Waals surface area contributed by atoms with E-state index in [1.54, 1.807) is 13.8 Å². The molecule has 1 fully saturated rings. The minimum absolute atomic E-state index is 0.171. The van der Waals surface area contributed by atoms with Gasteiger partial charge in [-0.1, -0.05) is 12.2 Å². The van der Waals surface area contributed by atoms with Crippen molar-refractivity contribution in [2.24, 2.45) is 0 Å². The third kappa shape index (κ3) is 2.06. The van der Waals surface area contributed by atoms with Gasteiger partial charge in [0.25, 0.3) is 0 Å². The van der Waals surface area contributed by atoms with Gasteiger partial charge < -0.3 is 9.84 Å². The van der Waals surface area contributed by atoms with Gasteiger partial charge in [0.2, 0.25) is 0 Å². The SMILES string of the molecule is CC(C)(O)/C=C/C1=CC(=O)[C@@H]2O[C@@H]2C1=O. The van der Waals surface area contributed by atoms with Crippen molar-refractivity contribution in [2.75, 3.05) is 0 Å². The molecule has 4 nitrogen and oxygen atoms in total. The molecule has 0 radical (unpaired) electrons. The van der Waals surface area contributed by atoms with Crippen LogP contribution in [0.4, 0.5) is 0 Å². The Morgan fingerprint density at radius 1 is 1.40 bits per heavy atom. The number of hydrogen-bond acceptors (Lipinski definition) is 4. The number of carbonyl (C=O) groups is 2. The molecule has 0 spiro atoms. The van der Waals surface area contributed by atoms with Gasteiger partial charge in [0, 0.05) is 5.57 Å². The molecule has 1 saturated heterocycles. The number of rotatable bonds is 2. The van der Waals surface area contributed by atoms with Crippen LogP contribution in [-0.4, -0.2) is 34.5 Å². The third-order valence-corrected chi connectivity index (χ3v) is 2.28. The molecule has 1 heterocycles. The summed E-state index contributed by atoms with van der Waals surface area (Å²) in [6, 6.07) is 0. The van der Waals surface area contributed by atoms with Crippen molar-refractivity contribution in [1.82, 2.24) is 0 Å². The van der Waals surface area contributed by atoms with E-state index >= 15 is 0 Å². The lowest BCUT2D eigenvalue weighted by Gasteiger charge is -2.11. The van der Waals surface area contributed by atoms with E-state index in [0.717, 1.165) is 0 Å². The van der Waals surface area contributed by atoms with Crippen molar-refractivity contribution in [1.29, 1.82) is 0 Å². The maximum Gasteiger partial charge on any atom is 0.194 e. The Morgan fingerprint density at radius 3 is 2.67 bits per heavy atom. The van der Waals surface area contributed by atoms with E-state index in [9.17, 15) is 14.7 Å². The van der Waals surface area contributed by atoms with Crippen LogP contribution in [0.3, 0.4) is 0 Å². The van der Waals surface area contributed by atoms with Crippen molar-refractivity contribution in [3.63, 3.8) is 0 Å². The summed E-state index contributed by atoms with van der Waals surface area (Å²) in [5.74, 6) is -0.352. The molecule has 0 amide bonds. The van der Waals surface area contributed by atoms with Crippen LogP contribution in [0, 0.1) is 0 Å². The van der Waals surface area contributed by atoms with Crippen molar-refractivity contribution >= 4 is 11.6 Å². The van der Waals surface area contributed by atoms with Crippen molar-refractivity contribution < 1.29 is 19.4 Å². The van der Waals surface area contributed by atoms with E-state index in [0.29, 0.717) is 5.57 Å². The fraction of sp³-hybridized carbons (Fsp3) is 0.455. The predicted molar refractivity (Wildman–Crippen MR) is 52.2 cm³/mol. The molecule has 80 valence electrons. The summed E-state index contributed by atoms with van der Waals surface area (Å²) in [6.45, 7) is 3.19. The summed E-state index contributed by atoms with van der Waals surface area (Å²) in [5.41, 5.74) is -0.688. The van der Waals surface area contributed by atoms with E-state index in [1.165, 1.54) is 18.2 Å². The van der Waals surface area contributed by atoms with Crippen LogP contribution in [-0.2, 0) is 14.3 Å². The average molecular weight is 208 g/mol. The predicted octanol–water partition coefficient (Wildman–Crippen LogP) is 0.159. The molecule has 0 aromatic heterocycles. The second-order valence-electron chi connectivity index (χ2n) is 4.33. The normalized spacial score (nSPS) is 30.5. The number of allylic oxidation sites excluding steroid dienone is 1. The van der Waals surface area contributed by atoms with Gasteiger partial charge >= 0.3 is 0 Å². The Morgan fingerprint density at radius 2 is 2.07 bits per heavy atom. The molecule has 0 saturated carbocycles. The summed E-state index contributed by atoms with van der Waals surface area (Å²) in [5, 5.41) is 9.44. The highest BCUT2D eigenvalue weighted by Crippen LogP contribution is 2.31. The van der Waals surface area contributed by atoms with E-state index in [4.69, 9.17) is 4.74 Å². The van der Waals surface area contributed by atoms with Crippen molar-refractivity contribution in [2.45, 2.75) is 31.7 Å². The summed E-state index contributed by atoms with van der Waals surface area (Å²) in [4.78, 5) is 22.8. The highest BCUT2D eigenvalue weighted by atomic mass is 16.6. The lowest BCUT2D eigenvalue weighted by molar-refractivity contribution is -0.119. The summed E-state index contributed by atoms with van der Waals surface area (Å²) in [7, 11) is 0. The Kier molecular flexibility index (Phi) is 2.13. The second-order valence-corrected chi connectivity index (χ2v) is 4.33. The Hall–Kier alpha value is -1.26. The van der Waals surface area contributed by atoms with Crippen LogP contribution in [0.5, 0.6) is 0 Å². The summed E-state index contributed by atoms with van der Waals surface area (Å²) < 4.78 is 4.92. The molecular formula is C11H12O4. The minimum Gasteiger partial charge on any atom is -0.386 e. The zero-order valence-electron chi connectivity index (χ0n) is 8.56. The average Bonchev–Trinajstić information content (AvgIpc) is 2.87. The fourth-order valence-electron chi connectivity index (χ4n) is 1.42. The standard InChI is InChI=1S/C11H12O4/c1-11(2,14)4-3-6-5-7(12)9-10(15-9)8(6)13/h3-5,9-10,14H,1-2H3/b4-3+/t9-,10+/m0/s1. The van der Waals surface area contributed by atoms with Gasteiger partial charge in [-0.2, -0.15) is 0 Å². The molecule has 15 heavy (non-hydrogen) atoms. The first kappa shape index (κ1) is 10.3. The van der Waals surface area contributed by atoms with Crippen molar-refractivity contribution in [3.8, 4) is 0 Å². The highest BCUT2D eigenvalue weighted by Gasteiger charge is 2.52. The Bertz CT molecular complexity index is 384. The molecule has 0 aromatic carbocycles. The van der Waals surface area contributed by atoms with Gasteiger partial charge in [-0.25, -0.2) is 0 Å². The first-order chi connectivity index (χ1) is 6.88. The van der Waals surface area contributed by atoms with Gasteiger partial charge in [0.05, 0.1) is 5.60 Å². The number of fused-ring (bicyclic) bond motifs is 1. The van der Waals surface area contributed by atoms with Gasteiger partial charge in [-0.05, 0) is 19.9 Å². The Balaban J connectivity index is 2.19. The largest absolute Gasteiger partial charge is 0.386 e. The lowest BCUT2D eigenvalue weighted by Crippen LogP contribution is -2.23. The van der Waals surface area contributed by atoms with Gasteiger partial charge in [-0.15, -0.1) is 0 Å². The highest BCUT2D eigenvalue weighted by molar-refractivity contribution is 6.17. The molecule has 2 rings (SSSR count). The summed E-state index contributed by atoms with van der Waals surface area (Å²) >= 11 is 0. The molecule has 0 bridgehead atoms. The van der Waals surface area contributed by atoms with Crippen molar-refractivity contribution in [3.05, 3.63) is 23.8 Å². The molecular weight excluding hydrogens is 196 g/mol. The van der Waals surface area contributed by atoms with E-state index in [2.05, 4.69) is 0 Å². The minimum atomic E-state index is -0.995. The first-order valence-corrected chi connectivity index (χ1v) is 4.75. The monoisotopic (exact) mass is 208 g/mol. The number of carbonyl (C=O) groups excluding carboxylic acids is 2. The first-order valence-electron chi connectivity index (χ1n) is 4.75. The topological polar surface area (TPSA) is 66.9 Å². The number of ketones is 2. The van der Waals surface area contributed by atoms with Gasteiger partial charge in [0.15, 0.2) is 23.8 Å². The molecule has 2 aliphatic rings. The number of ether oxygens (including phenoxy) is 1. The molecule has 1 aliphatic carbocycles. The second kappa shape index (κ2) is 3.12. The quantitative estimate of drug-likeness (QED) is 0.656. The molecule has 1 aliphatic heterocycles. The number of aliphatic hydroxyl groups is 1. The van der Waals surface area contributed by atoms with Crippen LogP contribution in [0.1, 0.15) is 13.8 Å². The van der Waals surface area contributed by atoms with Gasteiger partial charge in [-0.3, -0.25) is 9.59 Å². The number of epoxide rings is 1. The maximum absolute atomic E-state index is 11.6. The number of hydrogen-bond donors (Lipinski definition) is 1.